The van der Waals surface area contributed by atoms with Gasteiger partial charge in [-0.2, -0.15) is 0 Å². The van der Waals surface area contributed by atoms with Crippen LogP contribution in [0.3, 0.4) is 0 Å². The molecule has 1 aromatic carbocycles. The Balaban J connectivity index is 2.77. The van der Waals surface area contributed by atoms with Crippen LogP contribution < -0.4 is 0 Å². The van der Waals surface area contributed by atoms with E-state index >= 15 is 0 Å². The van der Waals surface area contributed by atoms with Gasteiger partial charge in [-0.1, -0.05) is 26.3 Å². The Morgan fingerprint density at radius 2 is 2.00 bits per heavy atom. The van der Waals surface area contributed by atoms with Gasteiger partial charge in [0.2, 0.25) is 0 Å². The summed E-state index contributed by atoms with van der Waals surface area (Å²) in [5.74, 6) is 0.235. The number of hydrogen-bond acceptors (Lipinski definition) is 2. The standard InChI is InChI=1S/C14H22FNO/c1-5-10(2)9-16(4)11(3)13-7-6-12(17)8-14(13)15/h6-8,10-11,17H,5,9H2,1-4H3. The average Bonchev–Trinajstić information content (AvgIpc) is 2.28. The van der Waals surface area contributed by atoms with Crippen LogP contribution in [0.1, 0.15) is 38.8 Å². The van der Waals surface area contributed by atoms with Crippen LogP contribution in [0, 0.1) is 11.7 Å². The second-order valence-corrected chi connectivity index (χ2v) is 4.83. The van der Waals surface area contributed by atoms with Crippen LogP contribution in [0.25, 0.3) is 0 Å². The van der Waals surface area contributed by atoms with Crippen molar-refractivity contribution in [3.63, 3.8) is 0 Å². The lowest BCUT2D eigenvalue weighted by molar-refractivity contribution is 0.220. The topological polar surface area (TPSA) is 23.5 Å². The van der Waals surface area contributed by atoms with E-state index in [9.17, 15) is 9.50 Å². The normalized spacial score (nSPS) is 14.9. The minimum absolute atomic E-state index is 0.0181. The Morgan fingerprint density at radius 1 is 1.35 bits per heavy atom. The summed E-state index contributed by atoms with van der Waals surface area (Å²) in [6, 6.07) is 4.38. The zero-order valence-electron chi connectivity index (χ0n) is 11.1. The molecule has 0 aromatic heterocycles. The quantitative estimate of drug-likeness (QED) is 0.849. The van der Waals surface area contributed by atoms with E-state index in [2.05, 4.69) is 18.7 Å². The molecular formula is C14H22FNO. The lowest BCUT2D eigenvalue weighted by Gasteiger charge is -2.27. The van der Waals surface area contributed by atoms with Crippen molar-refractivity contribution < 1.29 is 9.50 Å². The zero-order chi connectivity index (χ0) is 13.0. The molecule has 2 nitrogen and oxygen atoms in total. The van der Waals surface area contributed by atoms with Crippen molar-refractivity contribution in [2.24, 2.45) is 5.92 Å². The van der Waals surface area contributed by atoms with Crippen LogP contribution in [0.4, 0.5) is 4.39 Å². The number of hydrogen-bond donors (Lipinski definition) is 1. The molecule has 0 fully saturated rings. The highest BCUT2D eigenvalue weighted by Crippen LogP contribution is 2.25. The van der Waals surface area contributed by atoms with Gasteiger partial charge in [-0.25, -0.2) is 4.39 Å². The van der Waals surface area contributed by atoms with E-state index in [0.717, 1.165) is 13.0 Å². The van der Waals surface area contributed by atoms with Gasteiger partial charge in [0.1, 0.15) is 11.6 Å². The summed E-state index contributed by atoms with van der Waals surface area (Å²) in [4.78, 5) is 2.14. The number of rotatable bonds is 5. The van der Waals surface area contributed by atoms with Gasteiger partial charge in [0.05, 0.1) is 0 Å². The monoisotopic (exact) mass is 239 g/mol. The maximum atomic E-state index is 13.7. The molecule has 0 saturated heterocycles. The summed E-state index contributed by atoms with van der Waals surface area (Å²) in [6.07, 6.45) is 1.12. The summed E-state index contributed by atoms with van der Waals surface area (Å²) in [6.45, 7) is 7.27. The fraction of sp³-hybridized carbons (Fsp3) is 0.571. The maximum absolute atomic E-state index is 13.7. The predicted octanol–water partition coefficient (Wildman–Crippen LogP) is 3.57. The number of phenols is 1. The molecule has 3 heteroatoms. The van der Waals surface area contributed by atoms with E-state index in [1.807, 2.05) is 14.0 Å². The summed E-state index contributed by atoms with van der Waals surface area (Å²) in [5, 5.41) is 9.19. The molecule has 96 valence electrons. The van der Waals surface area contributed by atoms with Crippen LogP contribution in [0.2, 0.25) is 0 Å². The molecule has 2 unspecified atom stereocenters. The summed E-state index contributed by atoms with van der Waals surface area (Å²) in [5.41, 5.74) is 0.633. The van der Waals surface area contributed by atoms with Gasteiger partial charge in [-0.15, -0.1) is 0 Å². The molecule has 2 atom stereocenters. The first kappa shape index (κ1) is 14.0. The van der Waals surface area contributed by atoms with E-state index < -0.39 is 0 Å². The summed E-state index contributed by atoms with van der Waals surface area (Å²) in [7, 11) is 2.00. The second-order valence-electron chi connectivity index (χ2n) is 4.83. The molecule has 1 N–H and O–H groups in total. The molecule has 1 aromatic rings. The van der Waals surface area contributed by atoms with E-state index in [4.69, 9.17) is 0 Å². The van der Waals surface area contributed by atoms with E-state index in [1.54, 1.807) is 6.07 Å². The first-order valence-corrected chi connectivity index (χ1v) is 6.14. The Bertz CT molecular complexity index is 367. The van der Waals surface area contributed by atoms with Crippen LogP contribution in [0.15, 0.2) is 18.2 Å². The molecule has 0 aliphatic heterocycles. The SMILES string of the molecule is CCC(C)CN(C)C(C)c1ccc(O)cc1F. The minimum Gasteiger partial charge on any atom is -0.508 e. The van der Waals surface area contributed by atoms with Crippen molar-refractivity contribution in [1.82, 2.24) is 4.90 Å². The van der Waals surface area contributed by atoms with Crippen LogP contribution in [-0.4, -0.2) is 23.6 Å². The smallest absolute Gasteiger partial charge is 0.131 e. The molecule has 0 amide bonds. The van der Waals surface area contributed by atoms with Crippen molar-refractivity contribution >= 4 is 0 Å². The first-order valence-electron chi connectivity index (χ1n) is 6.14. The highest BCUT2D eigenvalue weighted by Gasteiger charge is 2.17. The number of aromatic hydroxyl groups is 1. The fourth-order valence-corrected chi connectivity index (χ4v) is 1.87. The Labute approximate surface area is 103 Å². The van der Waals surface area contributed by atoms with E-state index in [-0.39, 0.29) is 17.6 Å². The van der Waals surface area contributed by atoms with Gasteiger partial charge in [0, 0.05) is 24.2 Å². The number of phenolic OH excluding ortho intramolecular Hbond substituents is 1. The highest BCUT2D eigenvalue weighted by atomic mass is 19.1. The lowest BCUT2D eigenvalue weighted by Crippen LogP contribution is -2.27. The van der Waals surface area contributed by atoms with Gasteiger partial charge < -0.3 is 5.11 Å². The molecule has 0 radical (unpaired) electrons. The largest absolute Gasteiger partial charge is 0.508 e. The van der Waals surface area contributed by atoms with Crippen LogP contribution in [-0.2, 0) is 0 Å². The number of nitrogens with zero attached hydrogens (tertiary/aromatic N) is 1. The van der Waals surface area contributed by atoms with Crippen molar-refractivity contribution in [3.05, 3.63) is 29.6 Å². The third-order valence-corrected chi connectivity index (χ3v) is 3.39. The zero-order valence-corrected chi connectivity index (χ0v) is 11.1. The second kappa shape index (κ2) is 6.01. The molecular weight excluding hydrogens is 217 g/mol. The fourth-order valence-electron chi connectivity index (χ4n) is 1.87. The van der Waals surface area contributed by atoms with Gasteiger partial charge >= 0.3 is 0 Å². The Hall–Kier alpha value is -1.09. The highest BCUT2D eigenvalue weighted by molar-refractivity contribution is 5.29. The lowest BCUT2D eigenvalue weighted by atomic mass is 10.0. The summed E-state index contributed by atoms with van der Waals surface area (Å²) < 4.78 is 13.7. The van der Waals surface area contributed by atoms with E-state index in [1.165, 1.54) is 12.1 Å². The molecule has 0 aliphatic carbocycles. The van der Waals surface area contributed by atoms with Crippen molar-refractivity contribution in [2.45, 2.75) is 33.2 Å². The molecule has 0 saturated carbocycles. The minimum atomic E-state index is -0.339. The van der Waals surface area contributed by atoms with Gasteiger partial charge in [0.25, 0.3) is 0 Å². The molecule has 0 spiro atoms. The third kappa shape index (κ3) is 3.70. The van der Waals surface area contributed by atoms with Crippen molar-refractivity contribution in [2.75, 3.05) is 13.6 Å². The molecule has 0 aliphatic rings. The van der Waals surface area contributed by atoms with Crippen LogP contribution in [0.5, 0.6) is 5.75 Å². The van der Waals surface area contributed by atoms with Crippen molar-refractivity contribution in [3.8, 4) is 5.75 Å². The number of benzene rings is 1. The Kier molecular flexibility index (Phi) is 4.94. The van der Waals surface area contributed by atoms with Gasteiger partial charge in [-0.05, 0) is 26.0 Å². The van der Waals surface area contributed by atoms with Gasteiger partial charge in [0.15, 0.2) is 0 Å². The average molecular weight is 239 g/mol. The summed E-state index contributed by atoms with van der Waals surface area (Å²) >= 11 is 0. The van der Waals surface area contributed by atoms with Crippen molar-refractivity contribution in [1.29, 1.82) is 0 Å². The molecule has 0 heterocycles. The number of halogens is 1. The molecule has 17 heavy (non-hydrogen) atoms. The Morgan fingerprint density at radius 3 is 2.53 bits per heavy atom. The third-order valence-electron chi connectivity index (χ3n) is 3.39. The van der Waals surface area contributed by atoms with Gasteiger partial charge in [-0.3, -0.25) is 4.90 Å². The first-order chi connectivity index (χ1) is 7.95. The van der Waals surface area contributed by atoms with E-state index in [0.29, 0.717) is 11.5 Å². The predicted molar refractivity (Wildman–Crippen MR) is 68.6 cm³/mol. The molecule has 0 bridgehead atoms. The molecule has 1 rings (SSSR count). The maximum Gasteiger partial charge on any atom is 0.131 e. The van der Waals surface area contributed by atoms with Crippen LogP contribution >= 0.6 is 0 Å².